The molecular weight excluding hydrogens is 816 g/mol. The molecule has 2 aromatic heterocycles. The van der Waals surface area contributed by atoms with Crippen LogP contribution in [0.25, 0.3) is 33.6 Å². The molecule has 7 aromatic carbocycles. The first-order valence-corrected chi connectivity index (χ1v) is 24.0. The third kappa shape index (κ3) is 7.11. The molecule has 0 spiro atoms. The van der Waals surface area contributed by atoms with Gasteiger partial charge in [-0.25, -0.2) is 9.36 Å². The van der Waals surface area contributed by atoms with E-state index >= 15 is 0 Å². The Labute approximate surface area is 396 Å². The minimum atomic E-state index is -0.0930. The van der Waals surface area contributed by atoms with Crippen LogP contribution < -0.4 is 26.2 Å². The van der Waals surface area contributed by atoms with Crippen LogP contribution in [0, 0.1) is 0 Å². The Morgan fingerprint density at radius 2 is 0.746 bits per heavy atom. The molecule has 0 N–H and O–H groups in total. The first-order valence-electron chi connectivity index (χ1n) is 24.0. The lowest BCUT2D eigenvalue weighted by Gasteiger charge is -2.44. The largest absolute Gasteiger partial charge is 0.311 e. The summed E-state index contributed by atoms with van der Waals surface area (Å²) in [7, 11) is 0. The maximum absolute atomic E-state index is 5.11. The van der Waals surface area contributed by atoms with E-state index in [9.17, 15) is 0 Å². The SMILES string of the molecule is CC(C)c1cccc(C(C)C)c1-c1cnn(-c2ccc3c(c2)B2c4cc(-n5cc(-c6c(C(C)C)cccc6C(C)C)cn5)ccc4N(c4ccccc4)c4cccc(c42)N3c2ccccc2)c1. The summed E-state index contributed by atoms with van der Waals surface area (Å²) in [5.41, 5.74) is 23.0. The number of hydrogen-bond donors (Lipinski definition) is 0. The van der Waals surface area contributed by atoms with Crippen LogP contribution in [0.1, 0.15) is 101 Å². The van der Waals surface area contributed by atoms with Gasteiger partial charge in [0.15, 0.2) is 0 Å². The van der Waals surface area contributed by atoms with E-state index in [0.29, 0.717) is 23.7 Å². The molecular formula is C60H57BN6. The summed E-state index contributed by atoms with van der Waals surface area (Å²) in [6.45, 7) is 18.2. The Bertz CT molecular complexity index is 3020. The lowest BCUT2D eigenvalue weighted by atomic mass is 9.33. The second-order valence-corrected chi connectivity index (χ2v) is 19.6. The Kier molecular flexibility index (Phi) is 10.6. The topological polar surface area (TPSA) is 42.1 Å². The van der Waals surface area contributed by atoms with Crippen molar-refractivity contribution in [2.24, 2.45) is 0 Å². The van der Waals surface area contributed by atoms with E-state index in [-0.39, 0.29) is 6.71 Å². The molecule has 0 aliphatic carbocycles. The molecule has 4 heterocycles. The maximum atomic E-state index is 5.11. The van der Waals surface area contributed by atoms with Gasteiger partial charge in [0.25, 0.3) is 6.71 Å². The third-order valence-corrected chi connectivity index (χ3v) is 14.0. The molecule has 11 rings (SSSR count). The molecule has 0 fully saturated rings. The molecule has 0 bridgehead atoms. The highest BCUT2D eigenvalue weighted by Crippen LogP contribution is 2.45. The smallest absolute Gasteiger partial charge is 0.252 e. The number of aromatic nitrogens is 4. The second kappa shape index (κ2) is 16.8. The molecule has 0 saturated carbocycles. The van der Waals surface area contributed by atoms with E-state index < -0.39 is 0 Å². The fourth-order valence-electron chi connectivity index (χ4n) is 10.9. The van der Waals surface area contributed by atoms with Gasteiger partial charge in [-0.2, -0.15) is 10.2 Å². The van der Waals surface area contributed by atoms with E-state index in [1.54, 1.807) is 0 Å². The fraction of sp³-hybridized carbons (Fsp3) is 0.200. The standard InChI is InChI=1S/C60H57BN6/c1-38(2)48-22-15-23-49(39(3)4)58(48)42-34-62-64(36-42)46-28-30-54-52(32-46)61-53-33-47(65-37-43(35-63-65)59-50(40(5)6)24-16-25-51(59)41(7)8)29-31-55(53)67(45-20-13-10-14-21-45)57-27-17-26-56(60(57)61)66(54)44-18-11-9-12-19-44/h9-41H,1-8H3. The zero-order chi connectivity index (χ0) is 46.1. The lowest BCUT2D eigenvalue weighted by molar-refractivity contribution is 0.838. The summed E-state index contributed by atoms with van der Waals surface area (Å²) in [5.74, 6) is 1.53. The van der Waals surface area contributed by atoms with Crippen molar-refractivity contribution in [2.75, 3.05) is 9.80 Å². The zero-order valence-electron chi connectivity index (χ0n) is 39.8. The predicted octanol–water partition coefficient (Wildman–Crippen LogP) is 14.0. The van der Waals surface area contributed by atoms with Gasteiger partial charge in [-0.15, -0.1) is 0 Å². The number of anilines is 6. The molecule has 2 aliphatic heterocycles. The average molecular weight is 873 g/mol. The Morgan fingerprint density at radius 1 is 0.373 bits per heavy atom. The highest BCUT2D eigenvalue weighted by molar-refractivity contribution is 7.00. The van der Waals surface area contributed by atoms with Crippen LogP contribution in [0.15, 0.2) is 176 Å². The molecule has 330 valence electrons. The van der Waals surface area contributed by atoms with Gasteiger partial charge in [0.05, 0.1) is 23.8 Å². The lowest BCUT2D eigenvalue weighted by Crippen LogP contribution is -2.61. The molecule has 0 atom stereocenters. The van der Waals surface area contributed by atoms with Gasteiger partial charge in [-0.3, -0.25) is 0 Å². The summed E-state index contributed by atoms with van der Waals surface area (Å²) in [4.78, 5) is 4.90. The molecule has 2 aliphatic rings. The minimum Gasteiger partial charge on any atom is -0.311 e. The van der Waals surface area contributed by atoms with Gasteiger partial charge >= 0.3 is 0 Å². The summed E-state index contributed by atoms with van der Waals surface area (Å²) in [6, 6.07) is 55.8. The van der Waals surface area contributed by atoms with E-state index in [0.717, 1.165) is 45.3 Å². The van der Waals surface area contributed by atoms with E-state index in [1.165, 1.54) is 61.1 Å². The summed E-state index contributed by atoms with van der Waals surface area (Å²) < 4.78 is 4.15. The van der Waals surface area contributed by atoms with Gasteiger partial charge in [0.2, 0.25) is 0 Å². The normalized spacial score (nSPS) is 12.9. The van der Waals surface area contributed by atoms with Crippen molar-refractivity contribution >= 4 is 57.2 Å². The van der Waals surface area contributed by atoms with Gasteiger partial charge in [0.1, 0.15) is 0 Å². The van der Waals surface area contributed by atoms with Crippen LogP contribution in [0.5, 0.6) is 0 Å². The van der Waals surface area contributed by atoms with E-state index in [1.807, 2.05) is 0 Å². The average Bonchev–Trinajstić information content (AvgIpc) is 4.05. The molecule has 0 amide bonds. The van der Waals surface area contributed by atoms with Gasteiger partial charge in [-0.05, 0) is 146 Å². The van der Waals surface area contributed by atoms with Crippen molar-refractivity contribution < 1.29 is 0 Å². The molecule has 6 nitrogen and oxygen atoms in total. The molecule has 0 radical (unpaired) electrons. The van der Waals surface area contributed by atoms with Crippen molar-refractivity contribution in [3.05, 3.63) is 199 Å². The molecule has 7 heteroatoms. The van der Waals surface area contributed by atoms with Crippen LogP contribution in [-0.2, 0) is 0 Å². The van der Waals surface area contributed by atoms with E-state index in [4.69, 9.17) is 10.2 Å². The molecule has 67 heavy (non-hydrogen) atoms. The van der Waals surface area contributed by atoms with Gasteiger partial charge in [-0.1, -0.05) is 134 Å². The van der Waals surface area contributed by atoms with Crippen molar-refractivity contribution in [3.8, 4) is 33.6 Å². The second-order valence-electron chi connectivity index (χ2n) is 19.6. The first-order chi connectivity index (χ1) is 32.6. The van der Waals surface area contributed by atoms with Crippen LogP contribution >= 0.6 is 0 Å². The third-order valence-electron chi connectivity index (χ3n) is 14.0. The first kappa shape index (κ1) is 42.3. The van der Waals surface area contributed by atoms with Crippen LogP contribution in [-0.4, -0.2) is 26.3 Å². The summed E-state index contributed by atoms with van der Waals surface area (Å²) in [5, 5.41) is 10.2. The number of hydrogen-bond acceptors (Lipinski definition) is 4. The highest BCUT2D eigenvalue weighted by atomic mass is 15.3. The van der Waals surface area contributed by atoms with Crippen molar-refractivity contribution in [1.82, 2.24) is 19.6 Å². The van der Waals surface area contributed by atoms with Crippen molar-refractivity contribution in [1.29, 1.82) is 0 Å². The predicted molar refractivity (Wildman–Crippen MR) is 282 cm³/mol. The molecule has 0 unspecified atom stereocenters. The van der Waals surface area contributed by atoms with Crippen LogP contribution in [0.3, 0.4) is 0 Å². The number of fused-ring (bicyclic) bond motifs is 4. The quantitative estimate of drug-likeness (QED) is 0.128. The summed E-state index contributed by atoms with van der Waals surface area (Å²) >= 11 is 0. The maximum Gasteiger partial charge on any atom is 0.252 e. The van der Waals surface area contributed by atoms with Gasteiger partial charge in [0, 0.05) is 57.6 Å². The van der Waals surface area contributed by atoms with Crippen molar-refractivity contribution in [2.45, 2.75) is 79.1 Å². The fourth-order valence-corrected chi connectivity index (χ4v) is 10.9. The Morgan fingerprint density at radius 3 is 1.12 bits per heavy atom. The molecule has 0 saturated heterocycles. The zero-order valence-corrected chi connectivity index (χ0v) is 39.8. The minimum absolute atomic E-state index is 0.0930. The van der Waals surface area contributed by atoms with E-state index in [2.05, 4.69) is 251 Å². The Hall–Kier alpha value is -7.38. The van der Waals surface area contributed by atoms with Crippen LogP contribution in [0.2, 0.25) is 0 Å². The van der Waals surface area contributed by atoms with Crippen LogP contribution in [0.4, 0.5) is 34.1 Å². The number of benzene rings is 7. The highest BCUT2D eigenvalue weighted by Gasteiger charge is 2.43. The number of nitrogens with zero attached hydrogens (tertiary/aromatic N) is 6. The summed E-state index contributed by atoms with van der Waals surface area (Å²) in [6.07, 6.45) is 8.57. The monoisotopic (exact) mass is 872 g/mol. The van der Waals surface area contributed by atoms with Gasteiger partial charge < -0.3 is 9.80 Å². The Balaban J connectivity index is 1.12. The van der Waals surface area contributed by atoms with Crippen molar-refractivity contribution in [3.63, 3.8) is 0 Å². The molecule has 9 aromatic rings. The number of rotatable bonds is 10. The number of para-hydroxylation sites is 2.